The number of anilines is 2. The van der Waals surface area contributed by atoms with E-state index in [0.29, 0.717) is 29.3 Å². The molecular weight excluding hydrogens is 378 g/mol. The Morgan fingerprint density at radius 3 is 2.79 bits per heavy atom. The van der Waals surface area contributed by atoms with Crippen LogP contribution in [0.5, 0.6) is 5.75 Å². The van der Waals surface area contributed by atoms with Gasteiger partial charge in [-0.05, 0) is 60.5 Å². The summed E-state index contributed by atoms with van der Waals surface area (Å²) in [5, 5.41) is 6.27. The molecule has 0 fully saturated rings. The maximum atomic E-state index is 12.4. The van der Waals surface area contributed by atoms with Crippen molar-refractivity contribution in [3.05, 3.63) is 71.5 Å². The number of rotatable bonds is 5. The first-order valence-corrected chi connectivity index (χ1v) is 9.24. The van der Waals surface area contributed by atoms with Crippen molar-refractivity contribution in [2.45, 2.75) is 12.8 Å². The molecule has 0 spiro atoms. The minimum Gasteiger partial charge on any atom is -0.484 e. The van der Waals surface area contributed by atoms with Gasteiger partial charge in [0.05, 0.1) is 11.4 Å². The molecule has 1 aliphatic rings. The first-order valence-electron chi connectivity index (χ1n) is 8.87. The fraction of sp³-hybridized carbons (Fsp3) is 0.143. The first kappa shape index (κ1) is 18.1. The highest BCUT2D eigenvalue weighted by Crippen LogP contribution is 2.27. The SMILES string of the molecule is O=C1CCc2cc(OCC(=O)Nc3ccc(Cl)cc3-n3cccc3)ccc2N1. The summed E-state index contributed by atoms with van der Waals surface area (Å²) in [6, 6.07) is 14.5. The summed E-state index contributed by atoms with van der Waals surface area (Å²) in [6.07, 6.45) is 4.87. The third-order valence-corrected chi connectivity index (χ3v) is 4.69. The number of carbonyl (C=O) groups is 2. The Morgan fingerprint density at radius 2 is 1.96 bits per heavy atom. The van der Waals surface area contributed by atoms with E-state index in [-0.39, 0.29) is 18.4 Å². The maximum Gasteiger partial charge on any atom is 0.262 e. The summed E-state index contributed by atoms with van der Waals surface area (Å²) in [5.41, 5.74) is 3.22. The molecule has 0 atom stereocenters. The molecule has 0 unspecified atom stereocenters. The molecule has 2 heterocycles. The summed E-state index contributed by atoms with van der Waals surface area (Å²) in [4.78, 5) is 23.8. The van der Waals surface area contributed by atoms with E-state index in [4.69, 9.17) is 16.3 Å². The summed E-state index contributed by atoms with van der Waals surface area (Å²) in [7, 11) is 0. The van der Waals surface area contributed by atoms with Crippen LogP contribution in [-0.4, -0.2) is 23.0 Å². The van der Waals surface area contributed by atoms with Crippen LogP contribution >= 0.6 is 11.6 Å². The molecule has 4 rings (SSSR count). The number of amides is 2. The average Bonchev–Trinajstić information content (AvgIpc) is 3.22. The van der Waals surface area contributed by atoms with Gasteiger partial charge in [0.25, 0.3) is 5.91 Å². The molecule has 1 aromatic heterocycles. The fourth-order valence-corrected chi connectivity index (χ4v) is 3.27. The van der Waals surface area contributed by atoms with Gasteiger partial charge in [-0.1, -0.05) is 11.6 Å². The Balaban J connectivity index is 1.43. The highest BCUT2D eigenvalue weighted by Gasteiger charge is 2.15. The third kappa shape index (κ3) is 4.02. The Labute approximate surface area is 167 Å². The van der Waals surface area contributed by atoms with Crippen LogP contribution in [0, 0.1) is 0 Å². The zero-order valence-corrected chi connectivity index (χ0v) is 15.7. The van der Waals surface area contributed by atoms with E-state index in [1.54, 1.807) is 30.3 Å². The molecular formula is C21H18ClN3O3. The van der Waals surface area contributed by atoms with E-state index in [1.807, 2.05) is 35.2 Å². The van der Waals surface area contributed by atoms with Gasteiger partial charge in [0.15, 0.2) is 6.61 Å². The van der Waals surface area contributed by atoms with Gasteiger partial charge < -0.3 is 19.9 Å². The van der Waals surface area contributed by atoms with Crippen LogP contribution in [-0.2, 0) is 16.0 Å². The van der Waals surface area contributed by atoms with E-state index in [2.05, 4.69) is 10.6 Å². The number of hydrogen-bond acceptors (Lipinski definition) is 3. The molecule has 2 aromatic carbocycles. The number of aromatic nitrogens is 1. The number of hydrogen-bond donors (Lipinski definition) is 2. The van der Waals surface area contributed by atoms with E-state index in [9.17, 15) is 9.59 Å². The summed E-state index contributed by atoms with van der Waals surface area (Å²) in [5.74, 6) is 0.329. The number of nitrogens with one attached hydrogen (secondary N) is 2. The van der Waals surface area contributed by atoms with Gasteiger partial charge in [-0.2, -0.15) is 0 Å². The number of halogens is 1. The van der Waals surface area contributed by atoms with Crippen molar-refractivity contribution in [1.29, 1.82) is 0 Å². The van der Waals surface area contributed by atoms with Crippen LogP contribution in [0.2, 0.25) is 5.02 Å². The van der Waals surface area contributed by atoms with Gasteiger partial charge >= 0.3 is 0 Å². The number of carbonyl (C=O) groups excluding carboxylic acids is 2. The lowest BCUT2D eigenvalue weighted by molar-refractivity contribution is -0.118. The Kier molecular flexibility index (Phi) is 5.04. The lowest BCUT2D eigenvalue weighted by atomic mass is 10.0. The second kappa shape index (κ2) is 7.78. The van der Waals surface area contributed by atoms with Crippen molar-refractivity contribution in [1.82, 2.24) is 4.57 Å². The topological polar surface area (TPSA) is 72.4 Å². The van der Waals surface area contributed by atoms with Crippen molar-refractivity contribution >= 4 is 34.8 Å². The van der Waals surface area contributed by atoms with Crippen molar-refractivity contribution < 1.29 is 14.3 Å². The summed E-state index contributed by atoms with van der Waals surface area (Å²) in [6.45, 7) is -0.126. The predicted octanol–water partition coefficient (Wildman–Crippen LogP) is 4.03. The molecule has 0 radical (unpaired) electrons. The molecule has 0 aliphatic carbocycles. The fourth-order valence-electron chi connectivity index (χ4n) is 3.10. The van der Waals surface area contributed by atoms with Crippen molar-refractivity contribution in [2.75, 3.05) is 17.2 Å². The van der Waals surface area contributed by atoms with Crippen LogP contribution in [0.15, 0.2) is 60.9 Å². The zero-order chi connectivity index (χ0) is 19.5. The maximum absolute atomic E-state index is 12.4. The third-order valence-electron chi connectivity index (χ3n) is 4.46. The van der Waals surface area contributed by atoms with Gasteiger partial charge in [-0.3, -0.25) is 9.59 Å². The van der Waals surface area contributed by atoms with Crippen LogP contribution < -0.4 is 15.4 Å². The summed E-state index contributed by atoms with van der Waals surface area (Å²) >= 11 is 6.10. The second-order valence-electron chi connectivity index (χ2n) is 6.46. The molecule has 2 N–H and O–H groups in total. The van der Waals surface area contributed by atoms with Gasteiger partial charge in [-0.15, -0.1) is 0 Å². The van der Waals surface area contributed by atoms with Crippen molar-refractivity contribution in [2.24, 2.45) is 0 Å². The molecule has 1 aliphatic heterocycles. The molecule has 3 aromatic rings. The largest absolute Gasteiger partial charge is 0.484 e. The Bertz CT molecular complexity index is 1030. The molecule has 142 valence electrons. The average molecular weight is 396 g/mol. The van der Waals surface area contributed by atoms with Gasteiger partial charge in [-0.25, -0.2) is 0 Å². The Hall–Kier alpha value is -3.25. The van der Waals surface area contributed by atoms with Crippen LogP contribution in [0.3, 0.4) is 0 Å². The molecule has 7 heteroatoms. The number of benzene rings is 2. The van der Waals surface area contributed by atoms with Crippen molar-refractivity contribution in [3.8, 4) is 11.4 Å². The van der Waals surface area contributed by atoms with Gasteiger partial charge in [0.2, 0.25) is 5.91 Å². The quantitative estimate of drug-likeness (QED) is 0.685. The van der Waals surface area contributed by atoms with Crippen LogP contribution in [0.1, 0.15) is 12.0 Å². The monoisotopic (exact) mass is 395 g/mol. The van der Waals surface area contributed by atoms with E-state index < -0.39 is 0 Å². The lowest BCUT2D eigenvalue weighted by Gasteiger charge is -2.18. The lowest BCUT2D eigenvalue weighted by Crippen LogP contribution is -2.21. The molecule has 28 heavy (non-hydrogen) atoms. The number of aryl methyl sites for hydroxylation is 1. The number of ether oxygens (including phenoxy) is 1. The van der Waals surface area contributed by atoms with Crippen LogP contribution in [0.25, 0.3) is 5.69 Å². The van der Waals surface area contributed by atoms with E-state index >= 15 is 0 Å². The standard InChI is InChI=1S/C21H18ClN3O3/c22-15-4-6-18(19(12-15)25-9-1-2-10-25)24-21(27)13-28-16-5-7-17-14(11-16)3-8-20(26)23-17/h1-2,4-7,9-12H,3,8,13H2,(H,23,26)(H,24,27). The second-order valence-corrected chi connectivity index (χ2v) is 6.89. The highest BCUT2D eigenvalue weighted by molar-refractivity contribution is 6.31. The van der Waals surface area contributed by atoms with E-state index in [0.717, 1.165) is 16.9 Å². The number of fused-ring (bicyclic) bond motifs is 1. The molecule has 0 bridgehead atoms. The highest BCUT2D eigenvalue weighted by atomic mass is 35.5. The minimum atomic E-state index is -0.276. The van der Waals surface area contributed by atoms with Crippen molar-refractivity contribution in [3.63, 3.8) is 0 Å². The van der Waals surface area contributed by atoms with Gasteiger partial charge in [0, 0.05) is 29.5 Å². The molecule has 2 amide bonds. The Morgan fingerprint density at radius 1 is 1.14 bits per heavy atom. The van der Waals surface area contributed by atoms with E-state index in [1.165, 1.54) is 0 Å². The molecule has 0 saturated heterocycles. The normalized spacial score (nSPS) is 12.8. The predicted molar refractivity (Wildman–Crippen MR) is 108 cm³/mol. The molecule has 0 saturated carbocycles. The first-order chi connectivity index (χ1) is 13.6. The van der Waals surface area contributed by atoms with Crippen LogP contribution in [0.4, 0.5) is 11.4 Å². The summed E-state index contributed by atoms with van der Waals surface area (Å²) < 4.78 is 7.50. The smallest absolute Gasteiger partial charge is 0.262 e. The number of nitrogens with zero attached hydrogens (tertiary/aromatic N) is 1. The molecule has 6 nitrogen and oxygen atoms in total. The zero-order valence-electron chi connectivity index (χ0n) is 14.9. The van der Waals surface area contributed by atoms with Gasteiger partial charge in [0.1, 0.15) is 5.75 Å². The minimum absolute atomic E-state index is 0.0157.